The van der Waals surface area contributed by atoms with E-state index in [-0.39, 0.29) is 11.8 Å². The highest BCUT2D eigenvalue weighted by Crippen LogP contribution is 2.19. The first-order chi connectivity index (χ1) is 14.5. The van der Waals surface area contributed by atoms with Crippen molar-refractivity contribution in [1.82, 2.24) is 0 Å². The van der Waals surface area contributed by atoms with Gasteiger partial charge in [0, 0.05) is 24.0 Å². The van der Waals surface area contributed by atoms with Crippen molar-refractivity contribution in [3.8, 4) is 5.75 Å². The van der Waals surface area contributed by atoms with Crippen molar-refractivity contribution in [3.05, 3.63) is 90.0 Å². The van der Waals surface area contributed by atoms with Crippen LogP contribution in [-0.4, -0.2) is 25.0 Å². The summed E-state index contributed by atoms with van der Waals surface area (Å²) in [7, 11) is 1.74. The van der Waals surface area contributed by atoms with Crippen LogP contribution in [0, 0.1) is 6.92 Å². The number of nitrogens with zero attached hydrogens (tertiary/aromatic N) is 1. The molecule has 0 aliphatic heterocycles. The number of rotatable bonds is 7. The third-order valence-corrected chi connectivity index (χ3v) is 4.78. The van der Waals surface area contributed by atoms with E-state index in [1.54, 1.807) is 36.2 Å². The Morgan fingerprint density at radius 1 is 0.967 bits per heavy atom. The molecule has 5 nitrogen and oxygen atoms in total. The summed E-state index contributed by atoms with van der Waals surface area (Å²) in [6.07, 6.45) is -0.0598. The van der Waals surface area contributed by atoms with Crippen LogP contribution in [0.5, 0.6) is 5.75 Å². The molecule has 3 aromatic rings. The molecule has 1 atom stereocenters. The number of nitrogens with one attached hydrogen (secondary N) is 1. The van der Waals surface area contributed by atoms with Gasteiger partial charge in [-0.1, -0.05) is 37.3 Å². The van der Waals surface area contributed by atoms with Gasteiger partial charge in [0.15, 0.2) is 6.10 Å². The number of amides is 2. The van der Waals surface area contributed by atoms with Gasteiger partial charge in [-0.25, -0.2) is 0 Å². The van der Waals surface area contributed by atoms with Gasteiger partial charge in [0.25, 0.3) is 11.8 Å². The maximum Gasteiger partial charge on any atom is 0.265 e. The summed E-state index contributed by atoms with van der Waals surface area (Å²) in [4.78, 5) is 26.9. The van der Waals surface area contributed by atoms with E-state index in [1.165, 1.54) is 0 Å². The molecule has 0 fully saturated rings. The van der Waals surface area contributed by atoms with E-state index in [9.17, 15) is 9.59 Å². The van der Waals surface area contributed by atoms with Crippen LogP contribution in [0.2, 0.25) is 0 Å². The van der Waals surface area contributed by atoms with E-state index in [0.717, 1.165) is 11.3 Å². The number of anilines is 2. The summed E-state index contributed by atoms with van der Waals surface area (Å²) >= 11 is 0. The molecule has 5 heteroatoms. The SMILES string of the molecule is CCC(Oc1cccc(C)c1)C(=O)Nc1ccc(C(=O)N(C)c2ccccc2)cc1. The van der Waals surface area contributed by atoms with Crippen LogP contribution in [0.4, 0.5) is 11.4 Å². The van der Waals surface area contributed by atoms with Gasteiger partial charge in [-0.05, 0) is 67.4 Å². The number of hydrogen-bond donors (Lipinski definition) is 1. The first kappa shape index (κ1) is 21.1. The molecule has 30 heavy (non-hydrogen) atoms. The Kier molecular flexibility index (Phi) is 6.86. The molecule has 0 aliphatic carbocycles. The summed E-state index contributed by atoms with van der Waals surface area (Å²) in [5, 5.41) is 2.87. The Morgan fingerprint density at radius 3 is 2.30 bits per heavy atom. The van der Waals surface area contributed by atoms with E-state index in [0.29, 0.717) is 23.4 Å². The fraction of sp³-hybridized carbons (Fsp3) is 0.200. The third-order valence-electron chi connectivity index (χ3n) is 4.78. The summed E-state index contributed by atoms with van der Waals surface area (Å²) < 4.78 is 5.85. The first-order valence-electron chi connectivity index (χ1n) is 9.95. The Bertz CT molecular complexity index is 1000. The minimum absolute atomic E-state index is 0.117. The molecular weight excluding hydrogens is 376 g/mol. The fourth-order valence-corrected chi connectivity index (χ4v) is 3.06. The second kappa shape index (κ2) is 9.74. The zero-order valence-electron chi connectivity index (χ0n) is 17.5. The second-order valence-corrected chi connectivity index (χ2v) is 7.10. The molecule has 3 aromatic carbocycles. The molecule has 1 N–H and O–H groups in total. The van der Waals surface area contributed by atoms with Gasteiger partial charge in [-0.2, -0.15) is 0 Å². The molecule has 154 valence electrons. The average Bonchev–Trinajstić information content (AvgIpc) is 2.77. The van der Waals surface area contributed by atoms with Crippen molar-refractivity contribution < 1.29 is 14.3 Å². The lowest BCUT2D eigenvalue weighted by molar-refractivity contribution is -0.122. The normalized spacial score (nSPS) is 11.4. The number of hydrogen-bond acceptors (Lipinski definition) is 3. The molecule has 3 rings (SSSR count). The highest BCUT2D eigenvalue weighted by molar-refractivity contribution is 6.06. The number of ether oxygens (including phenoxy) is 1. The summed E-state index contributed by atoms with van der Waals surface area (Å²) in [6, 6.07) is 23.9. The predicted octanol–water partition coefficient (Wildman–Crippen LogP) is 5.07. The number of para-hydroxylation sites is 1. The van der Waals surface area contributed by atoms with Crippen LogP contribution in [0.3, 0.4) is 0 Å². The lowest BCUT2D eigenvalue weighted by Gasteiger charge is -2.19. The van der Waals surface area contributed by atoms with Crippen molar-refractivity contribution >= 4 is 23.2 Å². The van der Waals surface area contributed by atoms with Crippen molar-refractivity contribution in [3.63, 3.8) is 0 Å². The van der Waals surface area contributed by atoms with Crippen molar-refractivity contribution in [2.75, 3.05) is 17.3 Å². The Balaban J connectivity index is 1.64. The van der Waals surface area contributed by atoms with Crippen molar-refractivity contribution in [1.29, 1.82) is 0 Å². The van der Waals surface area contributed by atoms with Gasteiger partial charge in [-0.15, -0.1) is 0 Å². The topological polar surface area (TPSA) is 58.6 Å². The number of aryl methyl sites for hydroxylation is 1. The van der Waals surface area contributed by atoms with Gasteiger partial charge in [0.1, 0.15) is 5.75 Å². The van der Waals surface area contributed by atoms with E-state index < -0.39 is 6.10 Å². The van der Waals surface area contributed by atoms with Crippen molar-refractivity contribution in [2.45, 2.75) is 26.4 Å². The number of carbonyl (C=O) groups excluding carboxylic acids is 2. The predicted molar refractivity (Wildman–Crippen MR) is 120 cm³/mol. The fourth-order valence-electron chi connectivity index (χ4n) is 3.06. The summed E-state index contributed by atoms with van der Waals surface area (Å²) in [5.74, 6) is 0.328. The maximum atomic E-state index is 12.7. The molecule has 0 radical (unpaired) electrons. The zero-order chi connectivity index (χ0) is 21.5. The van der Waals surface area contributed by atoms with Gasteiger partial charge >= 0.3 is 0 Å². The quantitative estimate of drug-likeness (QED) is 0.600. The average molecular weight is 402 g/mol. The van der Waals surface area contributed by atoms with Crippen LogP contribution in [0.25, 0.3) is 0 Å². The lowest BCUT2D eigenvalue weighted by atomic mass is 10.1. The molecule has 0 spiro atoms. The standard InChI is InChI=1S/C25H26N2O3/c1-4-23(30-22-12-8-9-18(2)17-22)24(28)26-20-15-13-19(14-16-20)25(29)27(3)21-10-6-5-7-11-21/h5-17,23H,4H2,1-3H3,(H,26,28). The van der Waals surface area contributed by atoms with E-state index >= 15 is 0 Å². The van der Waals surface area contributed by atoms with Gasteiger partial charge in [0.05, 0.1) is 0 Å². The first-order valence-corrected chi connectivity index (χ1v) is 9.95. The Hall–Kier alpha value is -3.60. The highest BCUT2D eigenvalue weighted by atomic mass is 16.5. The van der Waals surface area contributed by atoms with Crippen molar-refractivity contribution in [2.24, 2.45) is 0 Å². The van der Waals surface area contributed by atoms with Crippen LogP contribution < -0.4 is 15.0 Å². The van der Waals surface area contributed by atoms with Crippen LogP contribution in [-0.2, 0) is 4.79 Å². The lowest BCUT2D eigenvalue weighted by Crippen LogP contribution is -2.32. The highest BCUT2D eigenvalue weighted by Gasteiger charge is 2.19. The smallest absolute Gasteiger partial charge is 0.265 e. The molecule has 2 amide bonds. The van der Waals surface area contributed by atoms with Gasteiger partial charge in [0.2, 0.25) is 0 Å². The van der Waals surface area contributed by atoms with Crippen LogP contribution in [0.15, 0.2) is 78.9 Å². The summed E-state index contributed by atoms with van der Waals surface area (Å²) in [6.45, 7) is 3.88. The molecule has 0 aliphatic rings. The van der Waals surface area contributed by atoms with E-state index in [1.807, 2.05) is 68.4 Å². The Labute approximate surface area is 177 Å². The van der Waals surface area contributed by atoms with Crippen LogP contribution >= 0.6 is 0 Å². The minimum atomic E-state index is -0.600. The molecular formula is C25H26N2O3. The number of carbonyl (C=O) groups is 2. The van der Waals surface area contributed by atoms with Gasteiger partial charge in [-0.3, -0.25) is 9.59 Å². The second-order valence-electron chi connectivity index (χ2n) is 7.10. The molecule has 0 bridgehead atoms. The Morgan fingerprint density at radius 2 is 1.67 bits per heavy atom. The molecule has 0 saturated carbocycles. The summed E-state index contributed by atoms with van der Waals surface area (Å²) in [5.41, 5.74) is 3.05. The molecule has 0 heterocycles. The van der Waals surface area contributed by atoms with E-state index in [4.69, 9.17) is 4.74 Å². The minimum Gasteiger partial charge on any atom is -0.481 e. The molecule has 0 aromatic heterocycles. The van der Waals surface area contributed by atoms with E-state index in [2.05, 4.69) is 5.32 Å². The number of benzene rings is 3. The molecule has 0 saturated heterocycles. The monoisotopic (exact) mass is 402 g/mol. The maximum absolute atomic E-state index is 12.7. The zero-order valence-corrected chi connectivity index (χ0v) is 17.5. The third kappa shape index (κ3) is 5.26. The molecule has 1 unspecified atom stereocenters. The van der Waals surface area contributed by atoms with Gasteiger partial charge < -0.3 is 15.0 Å². The van der Waals surface area contributed by atoms with Crippen LogP contribution in [0.1, 0.15) is 29.3 Å². The largest absolute Gasteiger partial charge is 0.481 e.